The zero-order chi connectivity index (χ0) is 12.0. The number of hydrogen-bond donors (Lipinski definition) is 3. The molecule has 0 aromatic rings. The minimum Gasteiger partial charge on any atom is -0.480 e. The Kier molecular flexibility index (Phi) is 5.74. The van der Waals surface area contributed by atoms with Crippen LogP contribution >= 0.6 is 0 Å². The molecular formula is C10H20N2O3. The average molecular weight is 216 g/mol. The highest BCUT2D eigenvalue weighted by atomic mass is 16.4. The van der Waals surface area contributed by atoms with E-state index in [0.29, 0.717) is 12.5 Å². The minimum absolute atomic E-state index is 0.132. The molecule has 0 aliphatic rings. The molecule has 5 heteroatoms. The molecular weight excluding hydrogens is 196 g/mol. The number of hydrogen-bond acceptors (Lipinski definition) is 2. The fourth-order valence-electron chi connectivity index (χ4n) is 1.00. The summed E-state index contributed by atoms with van der Waals surface area (Å²) in [5, 5.41) is 13.9. The Hall–Kier alpha value is -1.26. The summed E-state index contributed by atoms with van der Waals surface area (Å²) in [4.78, 5) is 22.1. The molecule has 0 spiro atoms. The summed E-state index contributed by atoms with van der Waals surface area (Å²) >= 11 is 0. The Bertz CT molecular complexity index is 227. The Morgan fingerprint density at radius 2 is 1.73 bits per heavy atom. The molecule has 1 atom stereocenters. The van der Waals surface area contributed by atoms with Crippen molar-refractivity contribution in [2.75, 3.05) is 6.54 Å². The number of amides is 2. The molecule has 0 bridgehead atoms. The topological polar surface area (TPSA) is 78.4 Å². The third kappa shape index (κ3) is 5.93. The van der Waals surface area contributed by atoms with Gasteiger partial charge in [0.2, 0.25) is 0 Å². The van der Waals surface area contributed by atoms with Gasteiger partial charge >= 0.3 is 12.0 Å². The van der Waals surface area contributed by atoms with Gasteiger partial charge in [0.15, 0.2) is 0 Å². The van der Waals surface area contributed by atoms with Gasteiger partial charge < -0.3 is 15.7 Å². The van der Waals surface area contributed by atoms with Crippen LogP contribution in [0.2, 0.25) is 0 Å². The molecule has 5 nitrogen and oxygen atoms in total. The van der Waals surface area contributed by atoms with Crippen LogP contribution in [0.1, 0.15) is 27.7 Å². The van der Waals surface area contributed by atoms with E-state index in [1.807, 2.05) is 13.8 Å². The molecule has 0 aromatic heterocycles. The van der Waals surface area contributed by atoms with Crippen LogP contribution < -0.4 is 10.6 Å². The monoisotopic (exact) mass is 216 g/mol. The van der Waals surface area contributed by atoms with Gasteiger partial charge in [-0.25, -0.2) is 9.59 Å². The molecule has 2 amide bonds. The number of carbonyl (C=O) groups is 2. The number of rotatable bonds is 5. The van der Waals surface area contributed by atoms with Crippen molar-refractivity contribution in [2.24, 2.45) is 11.8 Å². The first-order valence-corrected chi connectivity index (χ1v) is 5.11. The second-order valence-electron chi connectivity index (χ2n) is 4.31. The molecule has 3 N–H and O–H groups in total. The van der Waals surface area contributed by atoms with Crippen molar-refractivity contribution in [3.63, 3.8) is 0 Å². The van der Waals surface area contributed by atoms with E-state index in [1.165, 1.54) is 0 Å². The predicted octanol–water partition coefficient (Wildman–Crippen LogP) is 1.05. The quantitative estimate of drug-likeness (QED) is 0.642. The zero-order valence-electron chi connectivity index (χ0n) is 9.70. The molecule has 88 valence electrons. The Morgan fingerprint density at radius 1 is 1.20 bits per heavy atom. The van der Waals surface area contributed by atoms with E-state index in [1.54, 1.807) is 13.8 Å². The number of aliphatic carboxylic acids is 1. The van der Waals surface area contributed by atoms with Crippen LogP contribution in [-0.2, 0) is 4.79 Å². The van der Waals surface area contributed by atoms with E-state index in [9.17, 15) is 9.59 Å². The van der Waals surface area contributed by atoms with Crippen molar-refractivity contribution in [3.05, 3.63) is 0 Å². The molecule has 0 heterocycles. The summed E-state index contributed by atoms with van der Waals surface area (Å²) in [5.74, 6) is -0.796. The van der Waals surface area contributed by atoms with Gasteiger partial charge in [0, 0.05) is 6.54 Å². The summed E-state index contributed by atoms with van der Waals surface area (Å²) < 4.78 is 0. The fourth-order valence-corrected chi connectivity index (χ4v) is 1.00. The van der Waals surface area contributed by atoms with E-state index in [2.05, 4.69) is 10.6 Å². The van der Waals surface area contributed by atoms with Gasteiger partial charge in [0.05, 0.1) is 0 Å². The van der Waals surface area contributed by atoms with E-state index < -0.39 is 18.0 Å². The van der Waals surface area contributed by atoms with Crippen LogP contribution in [0.3, 0.4) is 0 Å². The lowest BCUT2D eigenvalue weighted by molar-refractivity contribution is -0.140. The van der Waals surface area contributed by atoms with Gasteiger partial charge in [-0.3, -0.25) is 0 Å². The number of urea groups is 1. The first kappa shape index (κ1) is 13.7. The molecule has 0 saturated carbocycles. The molecule has 0 aliphatic heterocycles. The highest BCUT2D eigenvalue weighted by Gasteiger charge is 2.23. The number of carboxylic acids is 1. The zero-order valence-corrected chi connectivity index (χ0v) is 9.70. The largest absolute Gasteiger partial charge is 0.480 e. The van der Waals surface area contributed by atoms with E-state index in [4.69, 9.17) is 5.11 Å². The Labute approximate surface area is 90.2 Å². The van der Waals surface area contributed by atoms with Gasteiger partial charge in [0.25, 0.3) is 0 Å². The highest BCUT2D eigenvalue weighted by molar-refractivity contribution is 5.82. The van der Waals surface area contributed by atoms with Crippen molar-refractivity contribution in [2.45, 2.75) is 33.7 Å². The smallest absolute Gasteiger partial charge is 0.326 e. The summed E-state index contributed by atoms with van der Waals surface area (Å²) in [6.45, 7) is 7.98. The summed E-state index contributed by atoms with van der Waals surface area (Å²) in [6.07, 6.45) is 0. The Balaban J connectivity index is 4.07. The normalized spacial score (nSPS) is 12.7. The molecule has 0 fully saturated rings. The van der Waals surface area contributed by atoms with Gasteiger partial charge in [-0.15, -0.1) is 0 Å². The summed E-state index contributed by atoms with van der Waals surface area (Å²) in [5.41, 5.74) is 0. The van der Waals surface area contributed by atoms with E-state index >= 15 is 0 Å². The third-order valence-corrected chi connectivity index (χ3v) is 1.89. The van der Waals surface area contributed by atoms with Gasteiger partial charge in [-0.2, -0.15) is 0 Å². The second kappa shape index (κ2) is 6.27. The summed E-state index contributed by atoms with van der Waals surface area (Å²) in [6, 6.07) is -1.26. The maximum Gasteiger partial charge on any atom is 0.326 e. The van der Waals surface area contributed by atoms with Crippen LogP contribution in [0.5, 0.6) is 0 Å². The first-order valence-electron chi connectivity index (χ1n) is 5.11. The maximum absolute atomic E-state index is 11.3. The van der Waals surface area contributed by atoms with Crippen molar-refractivity contribution >= 4 is 12.0 Å². The van der Waals surface area contributed by atoms with Crippen LogP contribution in [-0.4, -0.2) is 29.7 Å². The maximum atomic E-state index is 11.3. The lowest BCUT2D eigenvalue weighted by Crippen LogP contribution is -2.49. The van der Waals surface area contributed by atoms with Crippen LogP contribution in [0.15, 0.2) is 0 Å². The molecule has 15 heavy (non-hydrogen) atoms. The van der Waals surface area contributed by atoms with Crippen molar-refractivity contribution in [1.82, 2.24) is 10.6 Å². The third-order valence-electron chi connectivity index (χ3n) is 1.89. The van der Waals surface area contributed by atoms with Crippen LogP contribution in [0, 0.1) is 11.8 Å². The second-order valence-corrected chi connectivity index (χ2v) is 4.31. The van der Waals surface area contributed by atoms with Gasteiger partial charge in [-0.05, 0) is 11.8 Å². The van der Waals surface area contributed by atoms with Crippen LogP contribution in [0.25, 0.3) is 0 Å². The molecule has 0 rings (SSSR count). The standard InChI is InChI=1S/C10H20N2O3/c1-6(2)5-11-10(15)12-8(7(3)4)9(13)14/h6-8H,5H2,1-4H3,(H,13,14)(H2,11,12,15)/t8-/m1/s1. The number of nitrogens with one attached hydrogen (secondary N) is 2. The minimum atomic E-state index is -1.01. The van der Waals surface area contributed by atoms with Gasteiger partial charge in [0.1, 0.15) is 6.04 Å². The molecule has 0 saturated heterocycles. The SMILES string of the molecule is CC(C)CNC(=O)N[C@@H](C(=O)O)C(C)C. The van der Waals surface area contributed by atoms with E-state index in [0.717, 1.165) is 0 Å². The lowest BCUT2D eigenvalue weighted by Gasteiger charge is -2.18. The first-order chi connectivity index (χ1) is 6.84. The highest BCUT2D eigenvalue weighted by Crippen LogP contribution is 2.01. The lowest BCUT2D eigenvalue weighted by atomic mass is 10.1. The predicted molar refractivity (Wildman–Crippen MR) is 57.6 cm³/mol. The fraction of sp³-hybridized carbons (Fsp3) is 0.800. The van der Waals surface area contributed by atoms with E-state index in [-0.39, 0.29) is 5.92 Å². The number of carbonyl (C=O) groups excluding carboxylic acids is 1. The molecule has 0 aromatic carbocycles. The molecule has 0 aliphatic carbocycles. The van der Waals surface area contributed by atoms with Crippen molar-refractivity contribution < 1.29 is 14.7 Å². The Morgan fingerprint density at radius 3 is 2.07 bits per heavy atom. The van der Waals surface area contributed by atoms with Crippen LogP contribution in [0.4, 0.5) is 4.79 Å². The van der Waals surface area contributed by atoms with Crippen molar-refractivity contribution in [3.8, 4) is 0 Å². The number of carboxylic acid groups (broad SMARTS) is 1. The summed E-state index contributed by atoms with van der Waals surface area (Å²) in [7, 11) is 0. The molecule has 0 unspecified atom stereocenters. The average Bonchev–Trinajstić information content (AvgIpc) is 2.09. The molecule has 0 radical (unpaired) electrons. The van der Waals surface area contributed by atoms with Gasteiger partial charge in [-0.1, -0.05) is 27.7 Å². The van der Waals surface area contributed by atoms with Crippen molar-refractivity contribution in [1.29, 1.82) is 0 Å².